The zero-order valence-electron chi connectivity index (χ0n) is 10.9. The van der Waals surface area contributed by atoms with Crippen LogP contribution < -0.4 is 5.32 Å². The van der Waals surface area contributed by atoms with E-state index in [4.69, 9.17) is 0 Å². The molecule has 96 valence electrons. The molecular formula is C13H23N3S. The van der Waals surface area contributed by atoms with Crippen LogP contribution in [0.1, 0.15) is 45.1 Å². The molecule has 1 unspecified atom stereocenters. The third-order valence-electron chi connectivity index (χ3n) is 3.59. The van der Waals surface area contributed by atoms with Crippen molar-refractivity contribution in [2.45, 2.75) is 50.3 Å². The normalized spacial score (nSPS) is 19.2. The van der Waals surface area contributed by atoms with Gasteiger partial charge < -0.3 is 9.88 Å². The van der Waals surface area contributed by atoms with E-state index < -0.39 is 0 Å². The van der Waals surface area contributed by atoms with Gasteiger partial charge in [0.05, 0.1) is 0 Å². The highest BCUT2D eigenvalue weighted by Gasteiger charge is 2.17. The standard InChI is InChI=1S/C13H23N3S/c1-11(17-2)10-15-13-14-8-9-16(13)12-6-4-3-5-7-12/h8-9,11-12H,3-7,10H2,1-2H3,(H,14,15). The van der Waals surface area contributed by atoms with Crippen molar-refractivity contribution in [1.29, 1.82) is 0 Å². The molecule has 0 spiro atoms. The van der Waals surface area contributed by atoms with Crippen molar-refractivity contribution < 1.29 is 0 Å². The van der Waals surface area contributed by atoms with Crippen LogP contribution in [-0.2, 0) is 0 Å². The molecule has 0 bridgehead atoms. The molecule has 1 fully saturated rings. The van der Waals surface area contributed by atoms with Gasteiger partial charge in [0.25, 0.3) is 0 Å². The number of hydrogen-bond acceptors (Lipinski definition) is 3. The number of rotatable bonds is 5. The van der Waals surface area contributed by atoms with Crippen LogP contribution >= 0.6 is 11.8 Å². The Morgan fingerprint density at radius 1 is 1.47 bits per heavy atom. The maximum atomic E-state index is 4.44. The summed E-state index contributed by atoms with van der Waals surface area (Å²) >= 11 is 1.89. The number of hydrogen-bond donors (Lipinski definition) is 1. The van der Waals surface area contributed by atoms with Crippen LogP contribution in [0.15, 0.2) is 12.4 Å². The molecule has 4 heteroatoms. The zero-order valence-corrected chi connectivity index (χ0v) is 11.7. The lowest BCUT2D eigenvalue weighted by Gasteiger charge is -2.25. The van der Waals surface area contributed by atoms with Crippen LogP contribution in [0.2, 0.25) is 0 Å². The largest absolute Gasteiger partial charge is 0.355 e. The lowest BCUT2D eigenvalue weighted by molar-refractivity contribution is 0.356. The molecule has 1 heterocycles. The predicted octanol–water partition coefficient (Wildman–Crippen LogP) is 3.55. The van der Waals surface area contributed by atoms with Gasteiger partial charge in [-0.05, 0) is 19.1 Å². The molecule has 3 nitrogen and oxygen atoms in total. The highest BCUT2D eigenvalue weighted by Crippen LogP contribution is 2.30. The van der Waals surface area contributed by atoms with E-state index in [0.717, 1.165) is 12.5 Å². The van der Waals surface area contributed by atoms with Crippen molar-refractivity contribution in [2.24, 2.45) is 0 Å². The Bertz CT molecular complexity index is 331. The first kappa shape index (κ1) is 12.8. The van der Waals surface area contributed by atoms with Gasteiger partial charge >= 0.3 is 0 Å². The third kappa shape index (κ3) is 3.41. The summed E-state index contributed by atoms with van der Waals surface area (Å²) in [5.41, 5.74) is 0. The Morgan fingerprint density at radius 2 is 2.24 bits per heavy atom. The average molecular weight is 253 g/mol. The van der Waals surface area contributed by atoms with Gasteiger partial charge in [-0.15, -0.1) is 0 Å². The lowest BCUT2D eigenvalue weighted by Crippen LogP contribution is -2.19. The SMILES string of the molecule is CSC(C)CNc1nccn1C1CCCCC1. The summed E-state index contributed by atoms with van der Waals surface area (Å²) in [4.78, 5) is 4.44. The molecule has 1 aromatic rings. The second-order valence-corrected chi connectivity index (χ2v) is 6.15. The highest BCUT2D eigenvalue weighted by molar-refractivity contribution is 7.99. The monoisotopic (exact) mass is 253 g/mol. The van der Waals surface area contributed by atoms with E-state index in [1.165, 1.54) is 32.1 Å². The summed E-state index contributed by atoms with van der Waals surface area (Å²) in [5.74, 6) is 1.05. The van der Waals surface area contributed by atoms with Gasteiger partial charge in [-0.25, -0.2) is 4.98 Å². The predicted molar refractivity (Wildman–Crippen MR) is 75.8 cm³/mol. The Morgan fingerprint density at radius 3 is 2.94 bits per heavy atom. The quantitative estimate of drug-likeness (QED) is 0.870. The first-order valence-corrected chi connectivity index (χ1v) is 7.89. The van der Waals surface area contributed by atoms with Gasteiger partial charge in [0.2, 0.25) is 5.95 Å². The molecule has 0 aromatic carbocycles. The van der Waals surface area contributed by atoms with Crippen LogP contribution in [0.3, 0.4) is 0 Å². The molecule has 1 aliphatic rings. The molecule has 0 saturated heterocycles. The lowest BCUT2D eigenvalue weighted by atomic mass is 9.95. The second kappa shape index (κ2) is 6.34. The van der Waals surface area contributed by atoms with Crippen LogP contribution in [0.5, 0.6) is 0 Å². The molecule has 1 saturated carbocycles. The maximum absolute atomic E-state index is 4.44. The second-order valence-electron chi connectivity index (χ2n) is 4.88. The van der Waals surface area contributed by atoms with Gasteiger partial charge in [0.15, 0.2) is 0 Å². The van der Waals surface area contributed by atoms with Crippen molar-refractivity contribution in [3.05, 3.63) is 12.4 Å². The Labute approximate surface area is 108 Å². The minimum atomic E-state index is 0.631. The molecule has 0 radical (unpaired) electrons. The first-order valence-electron chi connectivity index (χ1n) is 6.60. The molecule has 1 atom stereocenters. The van der Waals surface area contributed by atoms with E-state index in [9.17, 15) is 0 Å². The number of anilines is 1. The minimum Gasteiger partial charge on any atom is -0.355 e. The molecule has 0 aliphatic heterocycles. The Hall–Kier alpha value is -0.640. The summed E-state index contributed by atoms with van der Waals surface area (Å²) in [6.45, 7) is 3.23. The van der Waals surface area contributed by atoms with Gasteiger partial charge in [-0.3, -0.25) is 0 Å². The summed E-state index contributed by atoms with van der Waals surface area (Å²) in [5, 5.41) is 4.10. The third-order valence-corrected chi connectivity index (χ3v) is 4.56. The molecular weight excluding hydrogens is 230 g/mol. The molecule has 0 amide bonds. The maximum Gasteiger partial charge on any atom is 0.203 e. The van der Waals surface area contributed by atoms with Crippen LogP contribution in [0, 0.1) is 0 Å². The fourth-order valence-corrected chi connectivity index (χ4v) is 2.67. The van der Waals surface area contributed by atoms with Gasteiger partial charge in [-0.2, -0.15) is 11.8 Å². The van der Waals surface area contributed by atoms with E-state index in [1.54, 1.807) is 0 Å². The smallest absolute Gasteiger partial charge is 0.203 e. The Balaban J connectivity index is 1.95. The van der Waals surface area contributed by atoms with Crippen molar-refractivity contribution in [3.8, 4) is 0 Å². The van der Waals surface area contributed by atoms with Crippen molar-refractivity contribution >= 4 is 17.7 Å². The fraction of sp³-hybridized carbons (Fsp3) is 0.769. The number of thioether (sulfide) groups is 1. The molecule has 1 N–H and O–H groups in total. The number of nitrogens with zero attached hydrogens (tertiary/aromatic N) is 2. The van der Waals surface area contributed by atoms with E-state index in [2.05, 4.69) is 34.2 Å². The van der Waals surface area contributed by atoms with E-state index in [0.29, 0.717) is 11.3 Å². The van der Waals surface area contributed by atoms with Gasteiger partial charge in [0, 0.05) is 30.2 Å². The fourth-order valence-electron chi connectivity index (χ4n) is 2.42. The van der Waals surface area contributed by atoms with Gasteiger partial charge in [-0.1, -0.05) is 26.2 Å². The molecule has 2 rings (SSSR count). The zero-order chi connectivity index (χ0) is 12.1. The molecule has 1 aliphatic carbocycles. The van der Waals surface area contributed by atoms with Crippen molar-refractivity contribution in [1.82, 2.24) is 9.55 Å². The van der Waals surface area contributed by atoms with Crippen LogP contribution in [-0.4, -0.2) is 27.6 Å². The van der Waals surface area contributed by atoms with Crippen molar-refractivity contribution in [2.75, 3.05) is 18.1 Å². The number of aromatic nitrogens is 2. The molecule has 1 aromatic heterocycles. The topological polar surface area (TPSA) is 29.9 Å². The summed E-state index contributed by atoms with van der Waals surface area (Å²) < 4.78 is 2.34. The van der Waals surface area contributed by atoms with E-state index in [1.807, 2.05) is 18.0 Å². The van der Waals surface area contributed by atoms with E-state index >= 15 is 0 Å². The average Bonchev–Trinajstić information content (AvgIpc) is 2.85. The van der Waals surface area contributed by atoms with Gasteiger partial charge in [0.1, 0.15) is 0 Å². The highest BCUT2D eigenvalue weighted by atomic mass is 32.2. The summed E-state index contributed by atoms with van der Waals surface area (Å²) in [7, 11) is 0. The summed E-state index contributed by atoms with van der Waals surface area (Å²) in [6, 6.07) is 0.665. The van der Waals surface area contributed by atoms with Crippen LogP contribution in [0.4, 0.5) is 5.95 Å². The molecule has 17 heavy (non-hydrogen) atoms. The van der Waals surface area contributed by atoms with Crippen molar-refractivity contribution in [3.63, 3.8) is 0 Å². The minimum absolute atomic E-state index is 0.631. The Kier molecular flexibility index (Phi) is 4.77. The van der Waals surface area contributed by atoms with E-state index in [-0.39, 0.29) is 0 Å². The van der Waals surface area contributed by atoms with Crippen LogP contribution in [0.25, 0.3) is 0 Å². The first-order chi connectivity index (χ1) is 8.31. The number of nitrogens with one attached hydrogen (secondary N) is 1. The number of imidazole rings is 1. The summed E-state index contributed by atoms with van der Waals surface area (Å²) in [6.07, 6.45) is 12.9.